The number of phenolic OH excluding ortho intramolecular Hbond substituents is 1. The summed E-state index contributed by atoms with van der Waals surface area (Å²) in [7, 11) is 0. The average Bonchev–Trinajstić information content (AvgIpc) is 3.00. The predicted molar refractivity (Wildman–Crippen MR) is 91.8 cm³/mol. The van der Waals surface area contributed by atoms with Gasteiger partial charge in [0.05, 0.1) is 5.52 Å². The Kier molecular flexibility index (Phi) is 2.81. The summed E-state index contributed by atoms with van der Waals surface area (Å²) in [5.74, 6) is 0.232. The Bertz CT molecular complexity index is 1060. The minimum absolute atomic E-state index is 0.0784. The third-order valence-electron chi connectivity index (χ3n) is 3.95. The zero-order valence-corrected chi connectivity index (χ0v) is 12.7. The van der Waals surface area contributed by atoms with Crippen molar-refractivity contribution in [1.29, 1.82) is 0 Å². The van der Waals surface area contributed by atoms with Gasteiger partial charge in [-0.25, -0.2) is 0 Å². The largest absolute Gasteiger partial charge is 0.507 e. The molecular weight excluding hydrogens is 294 g/mol. The van der Waals surface area contributed by atoms with Crippen LogP contribution in [0.4, 0.5) is 0 Å². The number of aromatic hydroxyl groups is 1. The molecule has 108 valence electrons. The molecule has 0 bridgehead atoms. The van der Waals surface area contributed by atoms with E-state index in [4.69, 9.17) is 0 Å². The molecule has 4 aromatic rings. The highest BCUT2D eigenvalue weighted by Gasteiger charge is 2.16. The molecule has 3 nitrogen and oxygen atoms in total. The minimum Gasteiger partial charge on any atom is -0.507 e. The topological polar surface area (TPSA) is 53.1 Å². The summed E-state index contributed by atoms with van der Waals surface area (Å²) in [5.41, 5.74) is 3.26. The summed E-state index contributed by atoms with van der Waals surface area (Å²) < 4.78 is 0.690. The number of hydrogen-bond acceptors (Lipinski definition) is 3. The zero-order valence-electron chi connectivity index (χ0n) is 11.9. The summed E-state index contributed by atoms with van der Waals surface area (Å²) in [6.45, 7) is 1.89. The first kappa shape index (κ1) is 13.1. The van der Waals surface area contributed by atoms with Crippen molar-refractivity contribution < 1.29 is 5.11 Å². The van der Waals surface area contributed by atoms with Gasteiger partial charge in [-0.15, -0.1) is 11.3 Å². The van der Waals surface area contributed by atoms with E-state index in [9.17, 15) is 9.90 Å². The molecule has 0 fully saturated rings. The number of thiophene rings is 1. The van der Waals surface area contributed by atoms with Crippen molar-refractivity contribution in [3.05, 3.63) is 63.8 Å². The molecule has 0 atom stereocenters. The second-order valence-electron chi connectivity index (χ2n) is 5.32. The number of aryl methyl sites for hydroxylation is 1. The molecule has 4 heteroatoms. The fourth-order valence-electron chi connectivity index (χ4n) is 2.98. The fourth-order valence-corrected chi connectivity index (χ4v) is 3.77. The standard InChI is InChI=1S/C18H13NO2S/c1-10-9-13(20)14(11-5-3-2-4-6-11)15-12-7-8-22-17(12)18(21)19-16(10)15/h2-9,20H,1H3,(H,19,21). The van der Waals surface area contributed by atoms with Crippen LogP contribution in [0.3, 0.4) is 0 Å². The summed E-state index contributed by atoms with van der Waals surface area (Å²) in [6.07, 6.45) is 0. The third kappa shape index (κ3) is 1.77. The van der Waals surface area contributed by atoms with E-state index in [1.807, 2.05) is 48.7 Å². The summed E-state index contributed by atoms with van der Waals surface area (Å²) in [6, 6.07) is 13.4. The van der Waals surface area contributed by atoms with Crippen LogP contribution in [-0.4, -0.2) is 10.1 Å². The van der Waals surface area contributed by atoms with Crippen LogP contribution >= 0.6 is 11.3 Å². The number of rotatable bonds is 1. The summed E-state index contributed by atoms with van der Waals surface area (Å²) in [4.78, 5) is 15.2. The number of nitrogens with one attached hydrogen (secondary N) is 1. The van der Waals surface area contributed by atoms with Gasteiger partial charge in [-0.1, -0.05) is 30.3 Å². The normalized spacial score (nSPS) is 11.3. The first-order chi connectivity index (χ1) is 10.7. The molecule has 0 aliphatic carbocycles. The number of fused-ring (bicyclic) bond motifs is 3. The molecule has 0 unspecified atom stereocenters. The number of pyridine rings is 1. The van der Waals surface area contributed by atoms with E-state index in [-0.39, 0.29) is 11.3 Å². The lowest BCUT2D eigenvalue weighted by Gasteiger charge is -2.13. The molecule has 0 radical (unpaired) electrons. The van der Waals surface area contributed by atoms with Gasteiger partial charge >= 0.3 is 0 Å². The third-order valence-corrected chi connectivity index (χ3v) is 4.86. The van der Waals surface area contributed by atoms with E-state index in [2.05, 4.69) is 4.98 Å². The van der Waals surface area contributed by atoms with Gasteiger partial charge in [-0.05, 0) is 35.6 Å². The quantitative estimate of drug-likeness (QED) is 0.547. The Morgan fingerprint density at radius 2 is 1.91 bits per heavy atom. The molecule has 4 rings (SSSR count). The second kappa shape index (κ2) is 4.71. The number of hydrogen-bond donors (Lipinski definition) is 2. The van der Waals surface area contributed by atoms with E-state index < -0.39 is 0 Å². The Balaban J connectivity index is 2.30. The molecule has 0 saturated carbocycles. The van der Waals surface area contributed by atoms with E-state index in [1.54, 1.807) is 6.07 Å². The highest BCUT2D eigenvalue weighted by Crippen LogP contribution is 2.40. The molecule has 22 heavy (non-hydrogen) atoms. The van der Waals surface area contributed by atoms with Gasteiger partial charge in [0.25, 0.3) is 5.56 Å². The van der Waals surface area contributed by atoms with Crippen molar-refractivity contribution in [3.8, 4) is 16.9 Å². The molecule has 0 aliphatic heterocycles. The molecule has 0 aliphatic rings. The highest BCUT2D eigenvalue weighted by molar-refractivity contribution is 7.17. The Hall–Kier alpha value is -2.59. The van der Waals surface area contributed by atoms with E-state index in [0.29, 0.717) is 4.70 Å². The molecule has 0 amide bonds. The number of aromatic nitrogens is 1. The Morgan fingerprint density at radius 3 is 2.68 bits per heavy atom. The number of benzene rings is 2. The van der Waals surface area contributed by atoms with Gasteiger partial charge in [0, 0.05) is 16.3 Å². The lowest BCUT2D eigenvalue weighted by molar-refractivity contribution is 0.477. The van der Waals surface area contributed by atoms with Crippen LogP contribution in [0.5, 0.6) is 5.75 Å². The first-order valence-electron chi connectivity index (χ1n) is 6.98. The Labute approximate surface area is 130 Å². The zero-order chi connectivity index (χ0) is 15.3. The first-order valence-corrected chi connectivity index (χ1v) is 7.86. The maximum absolute atomic E-state index is 12.2. The maximum Gasteiger partial charge on any atom is 0.266 e. The van der Waals surface area contributed by atoms with Crippen molar-refractivity contribution in [2.75, 3.05) is 0 Å². The number of H-pyrrole nitrogens is 1. The molecule has 0 spiro atoms. The number of aromatic amines is 1. The molecule has 2 heterocycles. The van der Waals surface area contributed by atoms with E-state index in [0.717, 1.165) is 33.0 Å². The van der Waals surface area contributed by atoms with Gasteiger partial charge in [0.2, 0.25) is 0 Å². The number of phenols is 1. The fraction of sp³-hybridized carbons (Fsp3) is 0.0556. The van der Waals surface area contributed by atoms with Crippen molar-refractivity contribution in [1.82, 2.24) is 4.98 Å². The van der Waals surface area contributed by atoms with Crippen LogP contribution in [-0.2, 0) is 0 Å². The highest BCUT2D eigenvalue weighted by atomic mass is 32.1. The molecule has 2 aromatic carbocycles. The van der Waals surface area contributed by atoms with Gasteiger partial charge in [-0.2, -0.15) is 0 Å². The molecule has 2 N–H and O–H groups in total. The Morgan fingerprint density at radius 1 is 1.14 bits per heavy atom. The summed E-state index contributed by atoms with van der Waals surface area (Å²) in [5, 5.41) is 14.2. The summed E-state index contributed by atoms with van der Waals surface area (Å²) >= 11 is 1.42. The minimum atomic E-state index is -0.0784. The van der Waals surface area contributed by atoms with E-state index in [1.165, 1.54) is 11.3 Å². The smallest absolute Gasteiger partial charge is 0.266 e. The van der Waals surface area contributed by atoms with Gasteiger partial charge in [-0.3, -0.25) is 4.79 Å². The van der Waals surface area contributed by atoms with E-state index >= 15 is 0 Å². The van der Waals surface area contributed by atoms with Crippen LogP contribution in [0.2, 0.25) is 0 Å². The maximum atomic E-state index is 12.2. The van der Waals surface area contributed by atoms with Crippen molar-refractivity contribution in [2.24, 2.45) is 0 Å². The van der Waals surface area contributed by atoms with Crippen LogP contribution in [0, 0.1) is 6.92 Å². The van der Waals surface area contributed by atoms with Crippen LogP contribution in [0.25, 0.3) is 32.1 Å². The lowest BCUT2D eigenvalue weighted by Crippen LogP contribution is -2.05. The molecule has 2 aromatic heterocycles. The lowest BCUT2D eigenvalue weighted by atomic mass is 9.95. The van der Waals surface area contributed by atoms with Gasteiger partial charge in [0.1, 0.15) is 10.4 Å². The SMILES string of the molecule is Cc1cc(O)c(-c2ccccc2)c2c1[nH]c(=O)c1sccc12. The van der Waals surface area contributed by atoms with Crippen LogP contribution < -0.4 is 5.56 Å². The van der Waals surface area contributed by atoms with Crippen molar-refractivity contribution in [2.45, 2.75) is 6.92 Å². The van der Waals surface area contributed by atoms with Crippen molar-refractivity contribution in [3.63, 3.8) is 0 Å². The second-order valence-corrected chi connectivity index (χ2v) is 6.24. The van der Waals surface area contributed by atoms with Gasteiger partial charge < -0.3 is 10.1 Å². The molecular formula is C18H13NO2S. The predicted octanol–water partition coefficient (Wildman–Crippen LogP) is 4.42. The average molecular weight is 307 g/mol. The van der Waals surface area contributed by atoms with Gasteiger partial charge in [0.15, 0.2) is 0 Å². The van der Waals surface area contributed by atoms with Crippen LogP contribution in [0.1, 0.15) is 5.56 Å². The monoisotopic (exact) mass is 307 g/mol. The van der Waals surface area contributed by atoms with Crippen LogP contribution in [0.15, 0.2) is 52.6 Å². The van der Waals surface area contributed by atoms with Crippen molar-refractivity contribution >= 4 is 32.3 Å². The molecule has 0 saturated heterocycles.